The molecule has 1 atom stereocenters. The number of unbranched alkanes of at least 4 members (excludes halogenated alkanes) is 1. The highest BCUT2D eigenvalue weighted by atomic mass is 15.2. The van der Waals surface area contributed by atoms with Gasteiger partial charge >= 0.3 is 0 Å². The predicted octanol–water partition coefficient (Wildman–Crippen LogP) is 4.20. The molecule has 1 heterocycles. The molecule has 0 aromatic heterocycles. The summed E-state index contributed by atoms with van der Waals surface area (Å²) in [6, 6.07) is 0. The lowest BCUT2D eigenvalue weighted by atomic mass is 9.81. The molecule has 1 spiro atoms. The maximum Gasteiger partial charge on any atom is 0.0308 e. The minimum atomic E-state index is 0.470. The van der Waals surface area contributed by atoms with Crippen LogP contribution in [0.25, 0.3) is 0 Å². The Labute approximate surface area is 126 Å². The Morgan fingerprint density at radius 2 is 1.90 bits per heavy atom. The fourth-order valence-corrected chi connectivity index (χ4v) is 4.22. The van der Waals surface area contributed by atoms with Crippen molar-refractivity contribution < 1.29 is 0 Å². The number of rotatable bonds is 6. The first-order valence-corrected chi connectivity index (χ1v) is 9.25. The molecule has 2 fully saturated rings. The summed E-state index contributed by atoms with van der Waals surface area (Å²) in [6.07, 6.45) is 14.0. The third-order valence-electron chi connectivity index (χ3n) is 5.55. The minimum absolute atomic E-state index is 0.470. The van der Waals surface area contributed by atoms with Crippen LogP contribution in [0, 0.1) is 5.92 Å². The van der Waals surface area contributed by atoms with Crippen molar-refractivity contribution in [2.45, 2.75) is 83.6 Å². The second-order valence-corrected chi connectivity index (χ2v) is 7.27. The van der Waals surface area contributed by atoms with Gasteiger partial charge in [0.05, 0.1) is 0 Å². The highest BCUT2D eigenvalue weighted by Gasteiger charge is 2.35. The van der Waals surface area contributed by atoms with E-state index < -0.39 is 0 Å². The molecule has 2 heteroatoms. The first-order valence-electron chi connectivity index (χ1n) is 9.25. The van der Waals surface area contributed by atoms with Crippen LogP contribution in [0.1, 0.15) is 78.1 Å². The Morgan fingerprint density at radius 3 is 2.60 bits per heavy atom. The largest absolute Gasteiger partial charge is 0.310 e. The quantitative estimate of drug-likeness (QED) is 0.784. The van der Waals surface area contributed by atoms with Crippen LogP contribution in [0.3, 0.4) is 0 Å². The van der Waals surface area contributed by atoms with Gasteiger partial charge in [-0.25, -0.2) is 0 Å². The van der Waals surface area contributed by atoms with Gasteiger partial charge < -0.3 is 10.2 Å². The zero-order chi connectivity index (χ0) is 14.3. The van der Waals surface area contributed by atoms with Crippen LogP contribution >= 0.6 is 0 Å². The molecule has 1 saturated heterocycles. The van der Waals surface area contributed by atoms with Crippen LogP contribution in [0.4, 0.5) is 0 Å². The Kier molecular flexibility index (Phi) is 6.83. The topological polar surface area (TPSA) is 15.3 Å². The lowest BCUT2D eigenvalue weighted by Crippen LogP contribution is -2.53. The smallest absolute Gasteiger partial charge is 0.0308 e. The maximum absolute atomic E-state index is 3.92. The van der Waals surface area contributed by atoms with Crippen molar-refractivity contribution in [3.05, 3.63) is 0 Å². The van der Waals surface area contributed by atoms with Crippen LogP contribution < -0.4 is 5.32 Å². The van der Waals surface area contributed by atoms with Crippen molar-refractivity contribution in [3.63, 3.8) is 0 Å². The second-order valence-electron chi connectivity index (χ2n) is 7.27. The normalized spacial score (nSPS) is 25.5. The third kappa shape index (κ3) is 4.73. The molecular weight excluding hydrogens is 244 g/mol. The van der Waals surface area contributed by atoms with Gasteiger partial charge in [0, 0.05) is 18.6 Å². The Bertz CT molecular complexity index is 258. The zero-order valence-electron chi connectivity index (χ0n) is 13.9. The van der Waals surface area contributed by atoms with Crippen molar-refractivity contribution >= 4 is 0 Å². The van der Waals surface area contributed by atoms with Crippen molar-refractivity contribution in [2.24, 2.45) is 5.92 Å². The van der Waals surface area contributed by atoms with Gasteiger partial charge in [-0.15, -0.1) is 0 Å². The van der Waals surface area contributed by atoms with Crippen molar-refractivity contribution in [1.82, 2.24) is 10.2 Å². The Hall–Kier alpha value is -0.0800. The van der Waals surface area contributed by atoms with Gasteiger partial charge in [-0.3, -0.25) is 0 Å². The average molecular weight is 280 g/mol. The first-order chi connectivity index (χ1) is 9.78. The van der Waals surface area contributed by atoms with E-state index in [9.17, 15) is 0 Å². The van der Waals surface area contributed by atoms with Crippen LogP contribution in [0.2, 0.25) is 0 Å². The lowest BCUT2D eigenvalue weighted by Gasteiger charge is -2.40. The summed E-state index contributed by atoms with van der Waals surface area (Å²) < 4.78 is 0. The van der Waals surface area contributed by atoms with Gasteiger partial charge in [0.2, 0.25) is 0 Å². The molecule has 118 valence electrons. The van der Waals surface area contributed by atoms with Crippen LogP contribution in [-0.2, 0) is 0 Å². The standard InChI is InChI=1S/C18H36N2/c1-3-5-10-17(4-2)15-20-14-9-13-19-18(16-20)11-7-6-8-12-18/h17,19H,3-16H2,1-2H3. The van der Waals surface area contributed by atoms with E-state index in [2.05, 4.69) is 24.1 Å². The highest BCUT2D eigenvalue weighted by Crippen LogP contribution is 2.31. The van der Waals surface area contributed by atoms with Gasteiger partial charge in [-0.1, -0.05) is 52.4 Å². The van der Waals surface area contributed by atoms with E-state index in [4.69, 9.17) is 0 Å². The molecule has 0 amide bonds. The number of nitrogens with one attached hydrogen (secondary N) is 1. The summed E-state index contributed by atoms with van der Waals surface area (Å²) >= 11 is 0. The van der Waals surface area contributed by atoms with Crippen molar-refractivity contribution in [3.8, 4) is 0 Å². The summed E-state index contributed by atoms with van der Waals surface area (Å²) in [6.45, 7) is 9.92. The molecule has 1 unspecified atom stereocenters. The summed E-state index contributed by atoms with van der Waals surface area (Å²) in [4.78, 5) is 2.80. The Balaban J connectivity index is 1.88. The van der Waals surface area contributed by atoms with Crippen molar-refractivity contribution in [1.29, 1.82) is 0 Å². The van der Waals surface area contributed by atoms with E-state index in [1.807, 2.05) is 0 Å². The van der Waals surface area contributed by atoms with E-state index in [0.717, 1.165) is 5.92 Å². The van der Waals surface area contributed by atoms with E-state index in [1.165, 1.54) is 90.4 Å². The van der Waals surface area contributed by atoms with Gasteiger partial charge in [0.1, 0.15) is 0 Å². The molecular formula is C18H36N2. The summed E-state index contributed by atoms with van der Waals surface area (Å²) in [5.74, 6) is 0.925. The Morgan fingerprint density at radius 1 is 1.10 bits per heavy atom. The molecule has 1 saturated carbocycles. The first kappa shape index (κ1) is 16.3. The van der Waals surface area contributed by atoms with Gasteiger partial charge in [0.25, 0.3) is 0 Å². The molecule has 0 radical (unpaired) electrons. The molecule has 1 aliphatic carbocycles. The van der Waals surface area contributed by atoms with Crippen LogP contribution in [0.5, 0.6) is 0 Å². The molecule has 2 rings (SSSR count). The van der Waals surface area contributed by atoms with E-state index in [1.54, 1.807) is 0 Å². The average Bonchev–Trinajstić information content (AvgIpc) is 2.66. The van der Waals surface area contributed by atoms with Gasteiger partial charge in [-0.05, 0) is 44.7 Å². The fourth-order valence-electron chi connectivity index (χ4n) is 4.22. The summed E-state index contributed by atoms with van der Waals surface area (Å²) in [7, 11) is 0. The molecule has 0 aromatic carbocycles. The molecule has 1 N–H and O–H groups in total. The summed E-state index contributed by atoms with van der Waals surface area (Å²) in [5, 5.41) is 3.92. The monoisotopic (exact) mass is 280 g/mol. The number of nitrogens with zero attached hydrogens (tertiary/aromatic N) is 1. The molecule has 0 bridgehead atoms. The van der Waals surface area contributed by atoms with E-state index in [0.29, 0.717) is 5.54 Å². The van der Waals surface area contributed by atoms with E-state index in [-0.39, 0.29) is 0 Å². The summed E-state index contributed by atoms with van der Waals surface area (Å²) in [5.41, 5.74) is 0.470. The second kappa shape index (κ2) is 8.38. The minimum Gasteiger partial charge on any atom is -0.310 e. The highest BCUT2D eigenvalue weighted by molar-refractivity contribution is 4.95. The van der Waals surface area contributed by atoms with Gasteiger partial charge in [0.15, 0.2) is 0 Å². The maximum atomic E-state index is 3.92. The van der Waals surface area contributed by atoms with Gasteiger partial charge in [-0.2, -0.15) is 0 Å². The van der Waals surface area contributed by atoms with Crippen molar-refractivity contribution in [2.75, 3.05) is 26.2 Å². The van der Waals surface area contributed by atoms with Crippen LogP contribution in [0.15, 0.2) is 0 Å². The molecule has 20 heavy (non-hydrogen) atoms. The number of hydrogen-bond donors (Lipinski definition) is 1. The van der Waals surface area contributed by atoms with Crippen LogP contribution in [-0.4, -0.2) is 36.6 Å². The third-order valence-corrected chi connectivity index (χ3v) is 5.55. The molecule has 2 nitrogen and oxygen atoms in total. The fraction of sp³-hybridized carbons (Fsp3) is 1.00. The van der Waals surface area contributed by atoms with E-state index >= 15 is 0 Å². The zero-order valence-corrected chi connectivity index (χ0v) is 13.9. The lowest BCUT2D eigenvalue weighted by molar-refractivity contribution is 0.145. The molecule has 2 aliphatic rings. The predicted molar refractivity (Wildman–Crippen MR) is 88.2 cm³/mol. The molecule has 0 aromatic rings. The SMILES string of the molecule is CCCCC(CC)CN1CCCNC2(CCCCC2)C1. The molecule has 1 aliphatic heterocycles. The number of hydrogen-bond acceptors (Lipinski definition) is 2.